The van der Waals surface area contributed by atoms with Gasteiger partial charge in [0.15, 0.2) is 6.73 Å². The lowest BCUT2D eigenvalue weighted by atomic mass is 9.79. The number of ether oxygens (including phenoxy) is 1. The van der Waals surface area contributed by atoms with E-state index in [0.717, 1.165) is 115 Å². The van der Waals surface area contributed by atoms with Crippen LogP contribution in [0.4, 0.5) is 4.79 Å². The Morgan fingerprint density at radius 1 is 0.841 bits per heavy atom. The van der Waals surface area contributed by atoms with Crippen molar-refractivity contribution in [1.29, 1.82) is 0 Å². The Hall–Kier alpha value is -5.53. The first kappa shape index (κ1) is 42.8. The number of likely N-dealkylation sites (tertiary alicyclic amines) is 2. The maximum Gasteiger partial charge on any atom is 0.318 e. The van der Waals surface area contributed by atoms with Crippen LogP contribution in [-0.2, 0) is 32.9 Å². The number of nitrogens with zero attached hydrogens (tertiary/aromatic N) is 6. The number of aromatic amines is 1. The van der Waals surface area contributed by atoms with Crippen LogP contribution in [0.2, 0.25) is 0 Å². The maximum absolute atomic E-state index is 14.6. The summed E-state index contributed by atoms with van der Waals surface area (Å²) < 4.78 is 7.66. The molecular formula is C50H62N8O5. The number of hydrogen-bond donors (Lipinski definition) is 2. The third kappa shape index (κ3) is 9.13. The number of nitrogens with one attached hydrogen (secondary N) is 2. The van der Waals surface area contributed by atoms with Crippen LogP contribution >= 0.6 is 0 Å². The molecule has 13 nitrogen and oxygen atoms in total. The molecule has 63 heavy (non-hydrogen) atoms. The summed E-state index contributed by atoms with van der Waals surface area (Å²) >= 11 is 0. The van der Waals surface area contributed by atoms with E-state index >= 15 is 0 Å². The van der Waals surface area contributed by atoms with Gasteiger partial charge in [-0.25, -0.2) is 9.48 Å². The van der Waals surface area contributed by atoms with Crippen molar-refractivity contribution in [1.82, 2.24) is 39.7 Å². The number of carbonyl (C=O) groups excluding carboxylic acids is 3. The van der Waals surface area contributed by atoms with Crippen molar-refractivity contribution in [2.45, 2.75) is 102 Å². The predicted octanol–water partition coefficient (Wildman–Crippen LogP) is 6.33. The highest BCUT2D eigenvalue weighted by Gasteiger charge is 2.44. The summed E-state index contributed by atoms with van der Waals surface area (Å²) in [6.07, 6.45) is 9.37. The van der Waals surface area contributed by atoms with Gasteiger partial charge in [-0.1, -0.05) is 74.4 Å². The zero-order valence-corrected chi connectivity index (χ0v) is 36.9. The first-order chi connectivity index (χ1) is 30.7. The zero-order chi connectivity index (χ0) is 43.5. The molecule has 2 aromatic heterocycles. The summed E-state index contributed by atoms with van der Waals surface area (Å²) in [6, 6.07) is 23.4. The summed E-state index contributed by atoms with van der Waals surface area (Å²) in [5, 5.41) is 9.87. The molecule has 0 bridgehead atoms. The lowest BCUT2D eigenvalue weighted by Gasteiger charge is -2.43. The number of H-pyrrole nitrogens is 1. The average Bonchev–Trinajstić information content (AvgIpc) is 4.00. The lowest BCUT2D eigenvalue weighted by molar-refractivity contribution is -0.155. The molecule has 1 saturated carbocycles. The molecule has 1 atom stereocenters. The molecule has 0 spiro atoms. The lowest BCUT2D eigenvalue weighted by Crippen LogP contribution is -2.59. The second-order valence-electron chi connectivity index (χ2n) is 18.4. The number of carbonyl (C=O) groups is 3. The Balaban J connectivity index is 0.890. The Kier molecular flexibility index (Phi) is 12.7. The number of amides is 3. The van der Waals surface area contributed by atoms with E-state index in [2.05, 4.69) is 27.0 Å². The van der Waals surface area contributed by atoms with Gasteiger partial charge in [0.05, 0.1) is 10.9 Å². The number of piperazine rings is 1. The van der Waals surface area contributed by atoms with E-state index < -0.39 is 11.5 Å². The van der Waals surface area contributed by atoms with Crippen LogP contribution < -0.4 is 10.9 Å². The number of rotatable bonds is 11. The summed E-state index contributed by atoms with van der Waals surface area (Å²) in [5.41, 5.74) is 4.53. The summed E-state index contributed by atoms with van der Waals surface area (Å²) in [7, 11) is 0. The minimum absolute atomic E-state index is 0.00365. The number of benzene rings is 3. The second-order valence-corrected chi connectivity index (χ2v) is 18.4. The summed E-state index contributed by atoms with van der Waals surface area (Å²) in [6.45, 7) is 11.4. The standard InChI is InChI=1S/C50H62N8O5/c1-3-54-21-17-41(18-22-54)55-25-27-56(28-26-55)47(60)44(52-49(62)57-23-15-37(16-24-57)42-32-38-11-7-8-14-43(38)51-46(42)59)31-36-29-35(2)45-39(30-36)33-58(53-45)34-63-48(61)50(19-9-10-20-50)40-12-5-4-6-13-40/h4-8,11-14,29-30,32-33,37,41,44H,3,9-10,15-28,31,34H2,1-2H3,(H,51,59)(H,52,62). The number of piperidine rings is 2. The second kappa shape index (κ2) is 18.7. The molecule has 0 radical (unpaired) electrons. The Labute approximate surface area is 369 Å². The van der Waals surface area contributed by atoms with E-state index in [9.17, 15) is 19.2 Å². The van der Waals surface area contributed by atoms with E-state index in [1.54, 1.807) is 9.58 Å². The number of pyridine rings is 1. The third-order valence-corrected chi connectivity index (χ3v) is 14.6. The van der Waals surface area contributed by atoms with Crippen molar-refractivity contribution in [2.24, 2.45) is 0 Å². The van der Waals surface area contributed by atoms with E-state index in [1.807, 2.05) is 90.8 Å². The number of hydrogen-bond acceptors (Lipinski definition) is 8. The highest BCUT2D eigenvalue weighted by Crippen LogP contribution is 2.42. The van der Waals surface area contributed by atoms with E-state index in [0.29, 0.717) is 51.5 Å². The molecular weight excluding hydrogens is 793 g/mol. The predicted molar refractivity (Wildman–Crippen MR) is 245 cm³/mol. The number of aryl methyl sites for hydroxylation is 1. The van der Waals surface area contributed by atoms with Gasteiger partial charge in [-0.3, -0.25) is 19.3 Å². The summed E-state index contributed by atoms with van der Waals surface area (Å²) in [4.78, 5) is 67.3. The van der Waals surface area contributed by atoms with Crippen molar-refractivity contribution < 1.29 is 19.1 Å². The monoisotopic (exact) mass is 854 g/mol. The number of urea groups is 1. The normalized spacial score (nSPS) is 19.7. The number of aromatic nitrogens is 3. The first-order valence-electron chi connectivity index (χ1n) is 23.3. The molecule has 3 aliphatic heterocycles. The largest absolute Gasteiger partial charge is 0.442 e. The van der Waals surface area contributed by atoms with Crippen LogP contribution in [0.3, 0.4) is 0 Å². The minimum Gasteiger partial charge on any atom is -0.442 e. The molecule has 4 aliphatic rings. The molecule has 13 heteroatoms. The van der Waals surface area contributed by atoms with Crippen LogP contribution in [0.5, 0.6) is 0 Å². The molecule has 5 heterocycles. The smallest absolute Gasteiger partial charge is 0.318 e. The van der Waals surface area contributed by atoms with Gasteiger partial charge in [0.1, 0.15) is 6.04 Å². The van der Waals surface area contributed by atoms with Crippen molar-refractivity contribution in [3.05, 3.63) is 112 Å². The number of esters is 1. The van der Waals surface area contributed by atoms with Gasteiger partial charge in [0.25, 0.3) is 5.56 Å². The molecule has 5 aromatic rings. The van der Waals surface area contributed by atoms with Gasteiger partial charge in [-0.2, -0.15) is 5.10 Å². The first-order valence-corrected chi connectivity index (χ1v) is 23.3. The van der Waals surface area contributed by atoms with Crippen molar-refractivity contribution >= 4 is 39.7 Å². The zero-order valence-electron chi connectivity index (χ0n) is 36.9. The van der Waals surface area contributed by atoms with Crippen LogP contribution in [0, 0.1) is 6.92 Å². The van der Waals surface area contributed by atoms with Crippen LogP contribution in [0.1, 0.15) is 86.5 Å². The van der Waals surface area contributed by atoms with E-state index in [-0.39, 0.29) is 36.1 Å². The fourth-order valence-electron chi connectivity index (χ4n) is 10.9. The maximum atomic E-state index is 14.6. The molecule has 332 valence electrons. The van der Waals surface area contributed by atoms with Crippen molar-refractivity contribution in [2.75, 3.05) is 58.9 Å². The summed E-state index contributed by atoms with van der Waals surface area (Å²) in [5.74, 6) is -0.243. The van der Waals surface area contributed by atoms with Gasteiger partial charge in [-0.05, 0) is 111 Å². The van der Waals surface area contributed by atoms with Gasteiger partial charge in [-0.15, -0.1) is 0 Å². The topological polar surface area (TPSA) is 136 Å². The van der Waals surface area contributed by atoms with Crippen molar-refractivity contribution in [3.8, 4) is 0 Å². The van der Waals surface area contributed by atoms with Gasteiger partial charge >= 0.3 is 12.0 Å². The number of para-hydroxylation sites is 1. The van der Waals surface area contributed by atoms with E-state index in [4.69, 9.17) is 9.84 Å². The Morgan fingerprint density at radius 3 is 2.29 bits per heavy atom. The van der Waals surface area contributed by atoms with Crippen molar-refractivity contribution in [3.63, 3.8) is 0 Å². The van der Waals surface area contributed by atoms with Crippen LogP contribution in [0.15, 0.2) is 83.8 Å². The molecule has 2 N–H and O–H groups in total. The highest BCUT2D eigenvalue weighted by atomic mass is 16.5. The Morgan fingerprint density at radius 2 is 1.56 bits per heavy atom. The average molecular weight is 855 g/mol. The molecule has 4 fully saturated rings. The van der Waals surface area contributed by atoms with E-state index in [1.165, 1.54) is 0 Å². The minimum atomic E-state index is -0.772. The van der Waals surface area contributed by atoms with Gasteiger partial charge in [0.2, 0.25) is 5.91 Å². The molecule has 3 saturated heterocycles. The third-order valence-electron chi connectivity index (χ3n) is 14.6. The van der Waals surface area contributed by atoms with Crippen LogP contribution in [0.25, 0.3) is 21.8 Å². The molecule has 3 aromatic carbocycles. The Bertz CT molecular complexity index is 2470. The molecule has 3 amide bonds. The molecule has 9 rings (SSSR count). The quantitative estimate of drug-likeness (QED) is 0.147. The van der Waals surface area contributed by atoms with Gasteiger partial charge < -0.3 is 29.7 Å². The van der Waals surface area contributed by atoms with Crippen LogP contribution in [-0.4, -0.2) is 123 Å². The molecule has 1 unspecified atom stereocenters. The SMILES string of the molecule is CCN1CCC(N2CCN(C(=O)C(Cc3cc(C)c4nn(COC(=O)C5(c6ccccc6)CCCC5)cc4c3)NC(=O)N3CCC(c4cc5ccccc5[nH]c4=O)CC3)CC2)CC1. The number of fused-ring (bicyclic) bond motifs is 2. The molecule has 1 aliphatic carbocycles. The highest BCUT2D eigenvalue weighted by molar-refractivity contribution is 5.88. The fourth-order valence-corrected chi connectivity index (χ4v) is 10.9. The van der Waals surface area contributed by atoms with Gasteiger partial charge in [0, 0.05) is 74.4 Å². The fraction of sp³-hybridized carbons (Fsp3) is 0.500.